The van der Waals surface area contributed by atoms with Gasteiger partial charge in [-0.05, 0) is 81.5 Å². The minimum Gasteiger partial charge on any atom is -0.394 e. The smallest absolute Gasteiger partial charge is 0.264 e. The molecule has 0 saturated heterocycles. The minimum absolute atomic E-state index is 0.0602. The van der Waals surface area contributed by atoms with E-state index in [-0.39, 0.29) is 30.9 Å². The van der Waals surface area contributed by atoms with E-state index in [2.05, 4.69) is 25.2 Å². The summed E-state index contributed by atoms with van der Waals surface area (Å²) in [6, 6.07) is 21.7. The third-order valence-corrected chi connectivity index (χ3v) is 9.54. The van der Waals surface area contributed by atoms with E-state index < -0.39 is 17.4 Å². The highest BCUT2D eigenvalue weighted by Gasteiger charge is 2.52. The molecule has 0 saturated carbocycles. The summed E-state index contributed by atoms with van der Waals surface area (Å²) in [6.07, 6.45) is 10.0. The van der Waals surface area contributed by atoms with Crippen molar-refractivity contribution in [3.63, 3.8) is 0 Å². The number of nitrogens with one attached hydrogen (secondary N) is 1. The third kappa shape index (κ3) is 7.93. The van der Waals surface area contributed by atoms with Crippen LogP contribution >= 0.6 is 0 Å². The molecule has 0 spiro atoms. The van der Waals surface area contributed by atoms with Gasteiger partial charge in [0.1, 0.15) is 0 Å². The normalized spacial score (nSPS) is 19.4. The number of hydrogen-bond donors (Lipinski definition) is 3. The molecule has 256 valence electrons. The van der Waals surface area contributed by atoms with Crippen LogP contribution in [-0.2, 0) is 28.2 Å². The van der Waals surface area contributed by atoms with Gasteiger partial charge in [0, 0.05) is 42.2 Å². The molecule has 3 atom stereocenters. The standard InChI is InChI=1S/C41H47N3O5/c1-28(2)12-10-13-29(3)22-23-43-37-21-20-34(42-39(47)31-15-6-5-7-16-31)25-36(37)41(49,40(43)48)30(4)14-11-19-38(46)44-26-33-18-9-8-17-32(33)24-35(44)27-45/h5-9,11-12,14-18,20-22,25,30,35,45,49H,10,13,19,23-24,26-27H2,1-4H3,(H,42,47)/b14-11+,29-22+/t30-,35+,41+/m1/s1. The van der Waals surface area contributed by atoms with Crippen molar-refractivity contribution in [2.75, 3.05) is 23.4 Å². The predicted octanol–water partition coefficient (Wildman–Crippen LogP) is 6.69. The molecule has 0 aliphatic carbocycles. The zero-order valence-electron chi connectivity index (χ0n) is 28.9. The van der Waals surface area contributed by atoms with Crippen molar-refractivity contribution in [3.8, 4) is 0 Å². The Labute approximate surface area is 289 Å². The van der Waals surface area contributed by atoms with Crippen LogP contribution in [0.2, 0.25) is 0 Å². The first-order chi connectivity index (χ1) is 23.5. The number of amides is 3. The molecule has 3 N–H and O–H groups in total. The largest absolute Gasteiger partial charge is 0.394 e. The molecule has 3 aromatic rings. The van der Waals surface area contributed by atoms with E-state index in [1.807, 2.05) is 43.3 Å². The number of carbonyl (C=O) groups is 3. The molecule has 0 fully saturated rings. The van der Waals surface area contributed by atoms with Gasteiger partial charge in [-0.15, -0.1) is 0 Å². The van der Waals surface area contributed by atoms with Gasteiger partial charge in [-0.1, -0.05) is 84.8 Å². The van der Waals surface area contributed by atoms with Gasteiger partial charge in [0.25, 0.3) is 11.8 Å². The van der Waals surface area contributed by atoms with Crippen LogP contribution in [0.1, 0.15) is 74.0 Å². The molecule has 5 rings (SSSR count). The maximum absolute atomic E-state index is 14.2. The Hall–Kier alpha value is -4.79. The highest BCUT2D eigenvalue weighted by Crippen LogP contribution is 2.46. The van der Waals surface area contributed by atoms with Gasteiger partial charge >= 0.3 is 0 Å². The van der Waals surface area contributed by atoms with E-state index in [1.165, 1.54) is 5.57 Å². The van der Waals surface area contributed by atoms with E-state index >= 15 is 0 Å². The number of rotatable bonds is 12. The summed E-state index contributed by atoms with van der Waals surface area (Å²) in [4.78, 5) is 43.8. The summed E-state index contributed by atoms with van der Waals surface area (Å²) in [6.45, 7) is 8.52. The van der Waals surface area contributed by atoms with Crippen LogP contribution < -0.4 is 10.2 Å². The number of fused-ring (bicyclic) bond motifs is 2. The summed E-state index contributed by atoms with van der Waals surface area (Å²) in [7, 11) is 0. The van der Waals surface area contributed by atoms with Crippen LogP contribution in [0.5, 0.6) is 0 Å². The van der Waals surface area contributed by atoms with E-state index in [1.54, 1.807) is 71.3 Å². The first-order valence-electron chi connectivity index (χ1n) is 17.0. The number of aliphatic hydroxyl groups is 2. The van der Waals surface area contributed by atoms with Gasteiger partial charge in [-0.2, -0.15) is 0 Å². The number of benzene rings is 3. The Kier molecular flexibility index (Phi) is 11.3. The molecule has 3 aromatic carbocycles. The molecule has 0 unspecified atom stereocenters. The summed E-state index contributed by atoms with van der Waals surface area (Å²) < 4.78 is 0. The van der Waals surface area contributed by atoms with Crippen molar-refractivity contribution in [2.24, 2.45) is 5.92 Å². The Morgan fingerprint density at radius 1 is 1.00 bits per heavy atom. The van der Waals surface area contributed by atoms with Crippen molar-refractivity contribution >= 4 is 29.1 Å². The first kappa shape index (κ1) is 35.5. The Morgan fingerprint density at radius 2 is 1.71 bits per heavy atom. The second-order valence-electron chi connectivity index (χ2n) is 13.4. The Morgan fingerprint density at radius 3 is 2.43 bits per heavy atom. The van der Waals surface area contributed by atoms with Crippen LogP contribution in [-0.4, -0.2) is 52.0 Å². The maximum Gasteiger partial charge on any atom is 0.264 e. The molecule has 3 amide bonds. The number of aliphatic hydroxyl groups excluding tert-OH is 1. The van der Waals surface area contributed by atoms with E-state index in [9.17, 15) is 24.6 Å². The van der Waals surface area contributed by atoms with Crippen molar-refractivity contribution < 1.29 is 24.6 Å². The van der Waals surface area contributed by atoms with Crippen LogP contribution in [0.25, 0.3) is 0 Å². The van der Waals surface area contributed by atoms with Crippen LogP contribution in [0.4, 0.5) is 11.4 Å². The fourth-order valence-corrected chi connectivity index (χ4v) is 6.61. The maximum atomic E-state index is 14.2. The van der Waals surface area contributed by atoms with Crippen molar-refractivity contribution in [1.82, 2.24) is 4.90 Å². The highest BCUT2D eigenvalue weighted by atomic mass is 16.3. The fourth-order valence-electron chi connectivity index (χ4n) is 6.61. The second kappa shape index (κ2) is 15.6. The number of allylic oxidation sites excluding steroid dienone is 3. The number of anilines is 2. The summed E-state index contributed by atoms with van der Waals surface area (Å²) >= 11 is 0. The second-order valence-corrected chi connectivity index (χ2v) is 13.4. The van der Waals surface area contributed by atoms with Crippen molar-refractivity contribution in [3.05, 3.63) is 131 Å². The number of nitrogens with zero attached hydrogens (tertiary/aromatic N) is 2. The number of carbonyl (C=O) groups excluding carboxylic acids is 3. The Balaban J connectivity index is 1.38. The molecule has 8 nitrogen and oxygen atoms in total. The molecule has 0 bridgehead atoms. The first-order valence-corrected chi connectivity index (χ1v) is 17.0. The lowest BCUT2D eigenvalue weighted by Gasteiger charge is -2.36. The average Bonchev–Trinajstić information content (AvgIpc) is 3.32. The summed E-state index contributed by atoms with van der Waals surface area (Å²) in [5.41, 5.74) is 4.60. The summed E-state index contributed by atoms with van der Waals surface area (Å²) in [5, 5.41) is 25.2. The van der Waals surface area contributed by atoms with Gasteiger partial charge in [-0.25, -0.2) is 0 Å². The lowest BCUT2D eigenvalue weighted by atomic mass is 9.82. The monoisotopic (exact) mass is 661 g/mol. The van der Waals surface area contributed by atoms with Crippen LogP contribution in [0.15, 0.2) is 108 Å². The number of hydrogen-bond acceptors (Lipinski definition) is 5. The molecule has 0 aromatic heterocycles. The van der Waals surface area contributed by atoms with Crippen LogP contribution in [0.3, 0.4) is 0 Å². The molecule has 2 aliphatic heterocycles. The Bertz CT molecular complexity index is 1770. The highest BCUT2D eigenvalue weighted by molar-refractivity contribution is 6.09. The van der Waals surface area contributed by atoms with Gasteiger partial charge in [0.2, 0.25) is 5.91 Å². The van der Waals surface area contributed by atoms with Gasteiger partial charge < -0.3 is 25.3 Å². The molecular formula is C41H47N3O5. The molecule has 2 heterocycles. The van der Waals surface area contributed by atoms with E-state index in [4.69, 9.17) is 0 Å². The molecule has 49 heavy (non-hydrogen) atoms. The summed E-state index contributed by atoms with van der Waals surface area (Å²) in [5.74, 6) is -1.59. The minimum atomic E-state index is -1.93. The topological polar surface area (TPSA) is 110 Å². The molecule has 2 aliphatic rings. The van der Waals surface area contributed by atoms with Crippen LogP contribution in [0, 0.1) is 5.92 Å². The lowest BCUT2D eigenvalue weighted by Crippen LogP contribution is -2.46. The van der Waals surface area contributed by atoms with Crippen molar-refractivity contribution in [1.29, 1.82) is 0 Å². The molecular weight excluding hydrogens is 614 g/mol. The average molecular weight is 662 g/mol. The zero-order chi connectivity index (χ0) is 35.1. The van der Waals surface area contributed by atoms with E-state index in [0.717, 1.165) is 29.5 Å². The van der Waals surface area contributed by atoms with Gasteiger partial charge in [0.05, 0.1) is 18.3 Å². The molecule has 0 radical (unpaired) electrons. The lowest BCUT2D eigenvalue weighted by molar-refractivity contribution is -0.139. The zero-order valence-corrected chi connectivity index (χ0v) is 28.9. The predicted molar refractivity (Wildman–Crippen MR) is 194 cm³/mol. The van der Waals surface area contributed by atoms with Crippen molar-refractivity contribution in [2.45, 2.75) is 71.6 Å². The van der Waals surface area contributed by atoms with Gasteiger partial charge in [0.15, 0.2) is 5.60 Å². The quantitative estimate of drug-likeness (QED) is 0.187. The van der Waals surface area contributed by atoms with E-state index in [0.29, 0.717) is 42.0 Å². The molecule has 8 heteroatoms. The third-order valence-electron chi connectivity index (χ3n) is 9.54. The SMILES string of the molecule is CC(C)=CCC/C(C)=C/CN1C(=O)[C@](O)([C@H](C)/C=C/CC(=O)N2Cc3ccccc3C[C@H]2CO)c2cc(NC(=O)c3ccccc3)ccc21. The van der Waals surface area contributed by atoms with Gasteiger partial charge in [-0.3, -0.25) is 14.4 Å². The fraction of sp³-hybridized carbons (Fsp3) is 0.341.